The molecule has 1 aromatic heterocycles. The van der Waals surface area contributed by atoms with Crippen LogP contribution in [-0.2, 0) is 16.3 Å². The fourth-order valence-corrected chi connectivity index (χ4v) is 7.15. The van der Waals surface area contributed by atoms with E-state index in [1.807, 2.05) is 49.4 Å². The lowest BCUT2D eigenvalue weighted by Gasteiger charge is -2.23. The number of anilines is 2. The quantitative estimate of drug-likeness (QED) is 0.593. The molecule has 1 saturated carbocycles. The van der Waals surface area contributed by atoms with Gasteiger partial charge in [0.05, 0.1) is 38.0 Å². The standard InChI is InChI=1S/C25H29FN6OS/c1-16-6-9-21-19(12-16)24(28-22-14-27-13-20(22)26)30-25(29-21)32-10-11-34(33,31-18-7-8-18)23-5-3-2-4-17(23)15-32/h2-6,9,12,18,20,22,27H,7-8,10-11,13-15H2,1H3,(H,28,29,30)/t20-,22+,34?/m1/s1. The van der Waals surface area contributed by atoms with Gasteiger partial charge < -0.3 is 15.5 Å². The van der Waals surface area contributed by atoms with Crippen molar-refractivity contribution in [1.29, 1.82) is 0 Å². The predicted molar refractivity (Wildman–Crippen MR) is 134 cm³/mol. The Morgan fingerprint density at radius 3 is 2.82 bits per heavy atom. The summed E-state index contributed by atoms with van der Waals surface area (Å²) in [4.78, 5) is 12.7. The van der Waals surface area contributed by atoms with Gasteiger partial charge >= 0.3 is 0 Å². The van der Waals surface area contributed by atoms with Crippen LogP contribution < -0.4 is 15.5 Å². The maximum atomic E-state index is 14.4. The van der Waals surface area contributed by atoms with Crippen molar-refractivity contribution in [3.8, 4) is 0 Å². The van der Waals surface area contributed by atoms with Crippen molar-refractivity contribution in [3.63, 3.8) is 0 Å². The second-order valence-electron chi connectivity index (χ2n) is 9.53. The summed E-state index contributed by atoms with van der Waals surface area (Å²) >= 11 is 0. The third kappa shape index (κ3) is 4.11. The number of benzene rings is 2. The van der Waals surface area contributed by atoms with Crippen LogP contribution >= 0.6 is 0 Å². The molecule has 2 aliphatic heterocycles. The highest BCUT2D eigenvalue weighted by molar-refractivity contribution is 7.93. The van der Waals surface area contributed by atoms with Crippen LogP contribution in [0.1, 0.15) is 24.0 Å². The van der Waals surface area contributed by atoms with E-state index in [2.05, 4.69) is 15.5 Å². The fraction of sp³-hybridized carbons (Fsp3) is 0.440. The minimum Gasteiger partial charge on any atom is -0.362 e. The number of nitrogens with zero attached hydrogens (tertiary/aromatic N) is 4. The Labute approximate surface area is 199 Å². The number of aryl methyl sites for hydroxylation is 1. The van der Waals surface area contributed by atoms with Gasteiger partial charge in [0, 0.05) is 31.6 Å². The Morgan fingerprint density at radius 1 is 1.18 bits per heavy atom. The number of fused-ring (bicyclic) bond motifs is 2. The Morgan fingerprint density at radius 2 is 2.03 bits per heavy atom. The van der Waals surface area contributed by atoms with Gasteiger partial charge in [0.25, 0.3) is 0 Å². The van der Waals surface area contributed by atoms with Gasteiger partial charge in [-0.3, -0.25) is 0 Å². The summed E-state index contributed by atoms with van der Waals surface area (Å²) in [6.07, 6.45) is 1.07. The maximum absolute atomic E-state index is 14.4. The van der Waals surface area contributed by atoms with Crippen molar-refractivity contribution in [1.82, 2.24) is 15.3 Å². The van der Waals surface area contributed by atoms with Gasteiger partial charge in [-0.2, -0.15) is 4.98 Å². The first kappa shape index (κ1) is 21.7. The van der Waals surface area contributed by atoms with Crippen molar-refractivity contribution >= 4 is 32.4 Å². The highest BCUT2D eigenvalue weighted by Gasteiger charge is 2.31. The van der Waals surface area contributed by atoms with Crippen molar-refractivity contribution in [2.45, 2.75) is 49.5 Å². The number of hydrogen-bond acceptors (Lipinski definition) is 7. The number of rotatable bonds is 4. The van der Waals surface area contributed by atoms with Gasteiger partial charge in [-0.1, -0.05) is 29.8 Å². The predicted octanol–water partition coefficient (Wildman–Crippen LogP) is 3.67. The Hall–Kier alpha value is -2.78. The zero-order valence-electron chi connectivity index (χ0n) is 19.2. The Balaban J connectivity index is 1.41. The van der Waals surface area contributed by atoms with E-state index in [1.165, 1.54) is 0 Å². The van der Waals surface area contributed by atoms with Crippen LogP contribution in [0, 0.1) is 6.92 Å². The minimum absolute atomic E-state index is 0.219. The van der Waals surface area contributed by atoms with Gasteiger partial charge in [0.2, 0.25) is 5.95 Å². The SMILES string of the molecule is Cc1ccc2nc(N3CCS(=O)(=NC4CC4)c4ccccc4C3)nc(N[C@H]3CNC[C@H]3F)c2c1. The van der Waals surface area contributed by atoms with E-state index in [9.17, 15) is 8.60 Å². The highest BCUT2D eigenvalue weighted by atomic mass is 32.2. The molecule has 2 aromatic carbocycles. The van der Waals surface area contributed by atoms with Gasteiger partial charge in [0.1, 0.15) is 12.0 Å². The zero-order chi connectivity index (χ0) is 23.3. The molecule has 3 aliphatic rings. The summed E-state index contributed by atoms with van der Waals surface area (Å²) in [5.74, 6) is 1.64. The van der Waals surface area contributed by atoms with Crippen molar-refractivity contribution in [2.75, 3.05) is 35.6 Å². The molecule has 0 amide bonds. The van der Waals surface area contributed by atoms with Gasteiger partial charge in [-0.25, -0.2) is 17.9 Å². The van der Waals surface area contributed by atoms with Crippen LogP contribution in [0.4, 0.5) is 16.2 Å². The zero-order valence-corrected chi connectivity index (χ0v) is 20.0. The molecular weight excluding hydrogens is 451 g/mol. The molecule has 3 atom stereocenters. The molecule has 1 aliphatic carbocycles. The molecule has 2 N–H and O–H groups in total. The molecule has 3 heterocycles. The summed E-state index contributed by atoms with van der Waals surface area (Å²) in [6, 6.07) is 13.8. The summed E-state index contributed by atoms with van der Waals surface area (Å²) in [5.41, 5.74) is 2.90. The number of alkyl halides is 1. The monoisotopic (exact) mass is 480 g/mol. The molecule has 34 heavy (non-hydrogen) atoms. The third-order valence-corrected chi connectivity index (χ3v) is 9.23. The molecule has 1 unspecified atom stereocenters. The second-order valence-corrected chi connectivity index (χ2v) is 11.9. The van der Waals surface area contributed by atoms with E-state index in [4.69, 9.17) is 14.3 Å². The number of nitrogens with one attached hydrogen (secondary N) is 2. The van der Waals surface area contributed by atoms with Crippen molar-refractivity contribution < 1.29 is 8.60 Å². The van der Waals surface area contributed by atoms with E-state index >= 15 is 0 Å². The van der Waals surface area contributed by atoms with E-state index in [1.54, 1.807) is 0 Å². The lowest BCUT2D eigenvalue weighted by molar-refractivity contribution is 0.342. The minimum atomic E-state index is -2.49. The summed E-state index contributed by atoms with van der Waals surface area (Å²) in [6.45, 7) is 4.01. The van der Waals surface area contributed by atoms with Crippen LogP contribution in [0.2, 0.25) is 0 Å². The van der Waals surface area contributed by atoms with E-state index in [0.717, 1.165) is 39.8 Å². The molecule has 1 saturated heterocycles. The van der Waals surface area contributed by atoms with Crippen molar-refractivity contribution in [3.05, 3.63) is 53.6 Å². The molecule has 178 valence electrons. The largest absolute Gasteiger partial charge is 0.362 e. The summed E-state index contributed by atoms with van der Waals surface area (Å²) in [5, 5.41) is 7.31. The maximum Gasteiger partial charge on any atom is 0.228 e. The highest BCUT2D eigenvalue weighted by Crippen LogP contribution is 2.33. The summed E-state index contributed by atoms with van der Waals surface area (Å²) in [7, 11) is -2.49. The molecule has 6 rings (SSSR count). The molecule has 7 nitrogen and oxygen atoms in total. The van der Waals surface area contributed by atoms with E-state index in [0.29, 0.717) is 43.7 Å². The fourth-order valence-electron chi connectivity index (χ4n) is 4.72. The molecule has 0 radical (unpaired) electrons. The number of hydrogen-bond donors (Lipinski definition) is 2. The van der Waals surface area contributed by atoms with E-state index < -0.39 is 15.9 Å². The molecule has 0 bridgehead atoms. The summed E-state index contributed by atoms with van der Waals surface area (Å²) < 4.78 is 33.1. The first-order valence-electron chi connectivity index (χ1n) is 11.9. The second kappa shape index (κ2) is 8.46. The Bertz CT molecular complexity index is 1370. The molecule has 2 fully saturated rings. The molecular formula is C25H29FN6OS. The van der Waals surface area contributed by atoms with Gasteiger partial charge in [-0.05, 0) is 43.5 Å². The van der Waals surface area contributed by atoms with Gasteiger partial charge in [0.15, 0.2) is 0 Å². The first-order valence-corrected chi connectivity index (χ1v) is 13.6. The molecule has 3 aromatic rings. The average Bonchev–Trinajstić information content (AvgIpc) is 3.58. The number of aromatic nitrogens is 2. The number of halogens is 1. The van der Waals surface area contributed by atoms with E-state index in [-0.39, 0.29) is 12.1 Å². The first-order chi connectivity index (χ1) is 16.5. The lowest BCUT2D eigenvalue weighted by Crippen LogP contribution is -2.31. The smallest absolute Gasteiger partial charge is 0.228 e. The third-order valence-electron chi connectivity index (χ3n) is 6.77. The van der Waals surface area contributed by atoms with Crippen LogP contribution in [0.15, 0.2) is 51.7 Å². The Kier molecular flexibility index (Phi) is 5.41. The van der Waals surface area contributed by atoms with Crippen LogP contribution in [-0.4, -0.2) is 57.8 Å². The molecule has 0 spiro atoms. The van der Waals surface area contributed by atoms with Crippen LogP contribution in [0.5, 0.6) is 0 Å². The van der Waals surface area contributed by atoms with Crippen molar-refractivity contribution in [2.24, 2.45) is 4.36 Å². The van der Waals surface area contributed by atoms with Crippen LogP contribution in [0.25, 0.3) is 10.9 Å². The normalized spacial score (nSPS) is 26.8. The molecule has 9 heteroatoms. The topological polar surface area (TPSA) is 82.5 Å². The average molecular weight is 481 g/mol. The van der Waals surface area contributed by atoms with Gasteiger partial charge in [-0.15, -0.1) is 0 Å². The lowest BCUT2D eigenvalue weighted by atomic mass is 10.1. The van der Waals surface area contributed by atoms with Crippen LogP contribution in [0.3, 0.4) is 0 Å².